The number of morpholine rings is 1. The first-order valence-electron chi connectivity index (χ1n) is 9.00. The summed E-state index contributed by atoms with van der Waals surface area (Å²) in [7, 11) is 0. The molecule has 2 aromatic rings. The van der Waals surface area contributed by atoms with Crippen LogP contribution in [0.3, 0.4) is 0 Å². The molecule has 10 nitrogen and oxygen atoms in total. The van der Waals surface area contributed by atoms with Gasteiger partial charge in [-0.3, -0.25) is 4.79 Å². The fourth-order valence-electron chi connectivity index (χ4n) is 3.10. The van der Waals surface area contributed by atoms with E-state index < -0.39 is 0 Å². The van der Waals surface area contributed by atoms with E-state index in [2.05, 4.69) is 25.3 Å². The van der Waals surface area contributed by atoms with Gasteiger partial charge in [-0.2, -0.15) is 0 Å². The van der Waals surface area contributed by atoms with Crippen LogP contribution in [0.5, 0.6) is 0 Å². The van der Waals surface area contributed by atoms with Gasteiger partial charge < -0.3 is 25.6 Å². The Labute approximate surface area is 156 Å². The van der Waals surface area contributed by atoms with Crippen LogP contribution < -0.4 is 16.0 Å². The summed E-state index contributed by atoms with van der Waals surface area (Å²) in [5.74, 6) is 0.621. The molecule has 0 radical (unpaired) electrons. The zero-order valence-corrected chi connectivity index (χ0v) is 15.0. The van der Waals surface area contributed by atoms with Gasteiger partial charge in [0, 0.05) is 57.2 Å². The molecule has 4 heterocycles. The second-order valence-corrected chi connectivity index (χ2v) is 6.41. The van der Waals surface area contributed by atoms with Gasteiger partial charge in [-0.15, -0.1) is 0 Å². The molecular weight excluding hydrogens is 348 g/mol. The highest BCUT2D eigenvalue weighted by atomic mass is 16.5. The minimum atomic E-state index is -0.0916. The van der Waals surface area contributed by atoms with Crippen LogP contribution in [0.2, 0.25) is 0 Å². The molecule has 0 saturated carbocycles. The first-order valence-corrected chi connectivity index (χ1v) is 9.00. The number of ether oxygens (including phenoxy) is 1. The number of nitrogen functional groups attached to an aromatic ring is 1. The summed E-state index contributed by atoms with van der Waals surface area (Å²) in [6.07, 6.45) is 3.21. The van der Waals surface area contributed by atoms with Crippen molar-refractivity contribution in [1.82, 2.24) is 30.2 Å². The highest BCUT2D eigenvalue weighted by molar-refractivity contribution is 5.93. The molecule has 10 heteroatoms. The number of hydrogen-bond donors (Lipinski definition) is 2. The molecular formula is C17H22N8O2. The standard InChI is InChI=1S/C17H22N8O2/c18-16-20-10-12(11-21-16)13-9-14(15(26)24-3-1-19-2-4-24)23-17(22-13)25-5-7-27-8-6-25/h9-11,19H,1-8H2,(H2,18,20,21). The SMILES string of the molecule is Nc1ncc(-c2cc(C(=O)N3CCNCC3)nc(N3CCOCC3)n2)cn1. The lowest BCUT2D eigenvalue weighted by Gasteiger charge is -2.29. The summed E-state index contributed by atoms with van der Waals surface area (Å²) in [6.45, 7) is 5.48. The number of carbonyl (C=O) groups is 1. The summed E-state index contributed by atoms with van der Waals surface area (Å²) < 4.78 is 5.41. The molecule has 142 valence electrons. The lowest BCUT2D eigenvalue weighted by Crippen LogP contribution is -2.46. The molecule has 3 N–H and O–H groups in total. The maximum absolute atomic E-state index is 13.0. The Morgan fingerprint density at radius 3 is 2.48 bits per heavy atom. The number of nitrogens with zero attached hydrogens (tertiary/aromatic N) is 6. The van der Waals surface area contributed by atoms with E-state index in [1.54, 1.807) is 18.5 Å². The van der Waals surface area contributed by atoms with E-state index in [0.717, 1.165) is 13.1 Å². The molecule has 0 aromatic carbocycles. The van der Waals surface area contributed by atoms with Gasteiger partial charge in [0.05, 0.1) is 18.9 Å². The van der Waals surface area contributed by atoms with Gasteiger partial charge >= 0.3 is 0 Å². The van der Waals surface area contributed by atoms with Crippen molar-refractivity contribution in [2.75, 3.05) is 63.1 Å². The number of rotatable bonds is 3. The molecule has 0 atom stereocenters. The summed E-state index contributed by atoms with van der Waals surface area (Å²) in [5, 5.41) is 3.25. The molecule has 1 amide bonds. The van der Waals surface area contributed by atoms with E-state index in [-0.39, 0.29) is 11.9 Å². The van der Waals surface area contributed by atoms with Crippen molar-refractivity contribution in [2.24, 2.45) is 0 Å². The number of hydrogen-bond acceptors (Lipinski definition) is 9. The van der Waals surface area contributed by atoms with Gasteiger partial charge in [-0.25, -0.2) is 19.9 Å². The van der Waals surface area contributed by atoms with Crippen molar-refractivity contribution >= 4 is 17.8 Å². The largest absolute Gasteiger partial charge is 0.378 e. The van der Waals surface area contributed by atoms with Crippen molar-refractivity contribution in [3.8, 4) is 11.3 Å². The van der Waals surface area contributed by atoms with E-state index in [9.17, 15) is 4.79 Å². The molecule has 4 rings (SSSR count). The van der Waals surface area contributed by atoms with Crippen molar-refractivity contribution in [3.63, 3.8) is 0 Å². The molecule has 0 spiro atoms. The smallest absolute Gasteiger partial charge is 0.272 e. The quantitative estimate of drug-likeness (QED) is 0.729. The molecule has 2 saturated heterocycles. The van der Waals surface area contributed by atoms with Crippen molar-refractivity contribution in [3.05, 3.63) is 24.2 Å². The van der Waals surface area contributed by atoms with Crippen LogP contribution in [0.25, 0.3) is 11.3 Å². The first-order chi connectivity index (χ1) is 13.2. The minimum Gasteiger partial charge on any atom is -0.378 e. The average molecular weight is 370 g/mol. The Morgan fingerprint density at radius 1 is 1.07 bits per heavy atom. The molecule has 2 aromatic heterocycles. The zero-order valence-electron chi connectivity index (χ0n) is 15.0. The van der Waals surface area contributed by atoms with E-state index in [1.165, 1.54) is 0 Å². The van der Waals surface area contributed by atoms with Crippen molar-refractivity contribution in [1.29, 1.82) is 0 Å². The van der Waals surface area contributed by atoms with Crippen LogP contribution in [-0.2, 0) is 4.74 Å². The van der Waals surface area contributed by atoms with Gasteiger partial charge in [0.15, 0.2) is 0 Å². The summed E-state index contributed by atoms with van der Waals surface area (Å²) in [4.78, 5) is 34.1. The molecule has 2 fully saturated rings. The highest BCUT2D eigenvalue weighted by Gasteiger charge is 2.23. The van der Waals surface area contributed by atoms with E-state index in [4.69, 9.17) is 10.5 Å². The van der Waals surface area contributed by atoms with Crippen LogP contribution in [0.15, 0.2) is 18.5 Å². The predicted octanol–water partition coefficient (Wildman–Crippen LogP) is -0.602. The third-order valence-electron chi connectivity index (χ3n) is 4.60. The maximum Gasteiger partial charge on any atom is 0.272 e. The fraction of sp³-hybridized carbons (Fsp3) is 0.471. The van der Waals surface area contributed by atoms with Crippen LogP contribution in [-0.4, -0.2) is 83.2 Å². The molecule has 27 heavy (non-hydrogen) atoms. The van der Waals surface area contributed by atoms with E-state index >= 15 is 0 Å². The zero-order chi connectivity index (χ0) is 18.6. The summed E-state index contributed by atoms with van der Waals surface area (Å²) in [6, 6.07) is 1.70. The van der Waals surface area contributed by atoms with Crippen LogP contribution in [0.4, 0.5) is 11.9 Å². The number of aromatic nitrogens is 4. The monoisotopic (exact) mass is 370 g/mol. The third kappa shape index (κ3) is 3.96. The Kier molecular flexibility index (Phi) is 5.07. The Hall–Kier alpha value is -2.85. The average Bonchev–Trinajstić information content (AvgIpc) is 2.74. The molecule has 2 aliphatic rings. The van der Waals surface area contributed by atoms with Gasteiger partial charge in [0.25, 0.3) is 5.91 Å². The normalized spacial score (nSPS) is 17.8. The minimum absolute atomic E-state index is 0.0916. The van der Waals surface area contributed by atoms with Gasteiger partial charge in [-0.1, -0.05) is 0 Å². The maximum atomic E-state index is 13.0. The number of anilines is 2. The van der Waals surface area contributed by atoms with Gasteiger partial charge in [0.1, 0.15) is 5.69 Å². The molecule has 2 aliphatic heterocycles. The second kappa shape index (κ2) is 7.80. The number of nitrogens with two attached hydrogens (primary N) is 1. The van der Waals surface area contributed by atoms with Crippen LogP contribution >= 0.6 is 0 Å². The second-order valence-electron chi connectivity index (χ2n) is 6.41. The summed E-state index contributed by atoms with van der Waals surface area (Å²) >= 11 is 0. The number of piperazine rings is 1. The lowest BCUT2D eigenvalue weighted by atomic mass is 10.2. The predicted molar refractivity (Wildman–Crippen MR) is 99.3 cm³/mol. The number of nitrogens with one attached hydrogen (secondary N) is 1. The molecule has 0 unspecified atom stereocenters. The van der Waals surface area contributed by atoms with Crippen molar-refractivity contribution < 1.29 is 9.53 Å². The van der Waals surface area contributed by atoms with Crippen molar-refractivity contribution in [2.45, 2.75) is 0 Å². The number of carbonyl (C=O) groups excluding carboxylic acids is 1. The van der Waals surface area contributed by atoms with Gasteiger partial charge in [0.2, 0.25) is 11.9 Å². The molecule has 0 aliphatic carbocycles. The highest BCUT2D eigenvalue weighted by Crippen LogP contribution is 2.21. The van der Waals surface area contributed by atoms with E-state index in [0.29, 0.717) is 62.3 Å². The third-order valence-corrected chi connectivity index (χ3v) is 4.60. The lowest BCUT2D eigenvalue weighted by molar-refractivity contribution is 0.0729. The Bertz CT molecular complexity index is 801. The van der Waals surface area contributed by atoms with Crippen LogP contribution in [0, 0.1) is 0 Å². The fourth-order valence-corrected chi connectivity index (χ4v) is 3.10. The first kappa shape index (κ1) is 17.6. The van der Waals surface area contributed by atoms with E-state index in [1.807, 2.05) is 9.80 Å². The number of amides is 1. The topological polar surface area (TPSA) is 122 Å². The Morgan fingerprint density at radius 2 is 1.78 bits per heavy atom. The molecule has 0 bridgehead atoms. The van der Waals surface area contributed by atoms with Crippen LogP contribution in [0.1, 0.15) is 10.5 Å². The Balaban J connectivity index is 1.71. The van der Waals surface area contributed by atoms with Gasteiger partial charge in [-0.05, 0) is 6.07 Å². The summed E-state index contributed by atoms with van der Waals surface area (Å²) in [5.41, 5.74) is 7.25.